The highest BCUT2D eigenvalue weighted by Gasteiger charge is 2.26. The predicted molar refractivity (Wildman–Crippen MR) is 99.6 cm³/mol. The van der Waals surface area contributed by atoms with E-state index in [0.717, 1.165) is 37.2 Å². The van der Waals surface area contributed by atoms with Crippen molar-refractivity contribution in [2.24, 2.45) is 5.41 Å². The Morgan fingerprint density at radius 1 is 1.28 bits per heavy atom. The van der Waals surface area contributed by atoms with Crippen LogP contribution in [-0.2, 0) is 4.79 Å². The first-order valence-electron chi connectivity index (χ1n) is 9.11. The highest BCUT2D eigenvalue weighted by atomic mass is 16.5. The third-order valence-electron chi connectivity index (χ3n) is 4.63. The number of nitrogens with zero attached hydrogens (tertiary/aromatic N) is 1. The molecular weight excluding hydrogens is 316 g/mol. The zero-order valence-corrected chi connectivity index (χ0v) is 15.9. The molecule has 1 fully saturated rings. The van der Waals surface area contributed by atoms with Crippen LogP contribution >= 0.6 is 0 Å². The van der Waals surface area contributed by atoms with Gasteiger partial charge in [0.15, 0.2) is 0 Å². The summed E-state index contributed by atoms with van der Waals surface area (Å²) in [5.74, 6) is 1.04. The molecule has 0 radical (unpaired) electrons. The lowest BCUT2D eigenvalue weighted by Gasteiger charge is -2.34. The standard InChI is InChI=1S/C20H32N2O3/c1-20(2,3)13-19(24)22-11-9-16(10-12-22)21-14-18(23)15-5-7-17(25-4)8-6-15/h5-8,16,18,21,23H,9-14H2,1-4H3. The quantitative estimate of drug-likeness (QED) is 0.830. The minimum absolute atomic E-state index is 0.0364. The maximum atomic E-state index is 12.3. The number of carbonyl (C=O) groups is 1. The molecule has 0 aliphatic carbocycles. The molecule has 1 aliphatic heterocycles. The monoisotopic (exact) mass is 348 g/mol. The molecule has 0 saturated carbocycles. The van der Waals surface area contributed by atoms with Gasteiger partial charge in [-0.2, -0.15) is 0 Å². The fourth-order valence-electron chi connectivity index (χ4n) is 3.12. The number of carbonyl (C=O) groups excluding carboxylic acids is 1. The van der Waals surface area contributed by atoms with E-state index in [1.54, 1.807) is 7.11 Å². The third kappa shape index (κ3) is 6.33. The van der Waals surface area contributed by atoms with Gasteiger partial charge in [0, 0.05) is 32.1 Å². The van der Waals surface area contributed by atoms with Crippen LogP contribution in [0.25, 0.3) is 0 Å². The number of rotatable bonds is 6. The normalized spacial score (nSPS) is 17.4. The SMILES string of the molecule is COc1ccc(C(O)CNC2CCN(C(=O)CC(C)(C)C)CC2)cc1. The molecule has 140 valence electrons. The zero-order chi connectivity index (χ0) is 18.4. The van der Waals surface area contributed by atoms with E-state index in [-0.39, 0.29) is 11.3 Å². The first-order valence-corrected chi connectivity index (χ1v) is 9.11. The van der Waals surface area contributed by atoms with Crippen molar-refractivity contribution in [3.05, 3.63) is 29.8 Å². The van der Waals surface area contributed by atoms with Gasteiger partial charge in [-0.3, -0.25) is 4.79 Å². The average Bonchev–Trinajstić information content (AvgIpc) is 2.58. The van der Waals surface area contributed by atoms with Crippen molar-refractivity contribution in [2.75, 3.05) is 26.7 Å². The maximum absolute atomic E-state index is 12.3. The molecule has 1 saturated heterocycles. The Bertz CT molecular complexity index is 543. The molecule has 1 atom stereocenters. The third-order valence-corrected chi connectivity index (χ3v) is 4.63. The summed E-state index contributed by atoms with van der Waals surface area (Å²) < 4.78 is 5.13. The number of likely N-dealkylation sites (tertiary alicyclic amines) is 1. The van der Waals surface area contributed by atoms with Crippen molar-refractivity contribution in [3.8, 4) is 5.75 Å². The van der Waals surface area contributed by atoms with Crippen LogP contribution in [0.5, 0.6) is 5.75 Å². The summed E-state index contributed by atoms with van der Waals surface area (Å²) >= 11 is 0. The van der Waals surface area contributed by atoms with E-state index in [2.05, 4.69) is 26.1 Å². The van der Waals surface area contributed by atoms with Gasteiger partial charge < -0.3 is 20.1 Å². The molecule has 0 spiro atoms. The van der Waals surface area contributed by atoms with Crippen LogP contribution in [-0.4, -0.2) is 48.7 Å². The molecule has 0 bridgehead atoms. The van der Waals surface area contributed by atoms with Crippen molar-refractivity contribution < 1.29 is 14.6 Å². The van der Waals surface area contributed by atoms with Crippen LogP contribution in [0.2, 0.25) is 0 Å². The largest absolute Gasteiger partial charge is 0.497 e. The van der Waals surface area contributed by atoms with Crippen LogP contribution < -0.4 is 10.1 Å². The summed E-state index contributed by atoms with van der Waals surface area (Å²) in [6, 6.07) is 7.85. The lowest BCUT2D eigenvalue weighted by atomic mass is 9.91. The molecule has 0 aromatic heterocycles. The minimum Gasteiger partial charge on any atom is -0.497 e. The fraction of sp³-hybridized carbons (Fsp3) is 0.650. The van der Waals surface area contributed by atoms with Crippen molar-refractivity contribution >= 4 is 5.91 Å². The Morgan fingerprint density at radius 3 is 2.40 bits per heavy atom. The maximum Gasteiger partial charge on any atom is 0.223 e. The van der Waals surface area contributed by atoms with Crippen LogP contribution in [0.3, 0.4) is 0 Å². The molecule has 1 unspecified atom stereocenters. The lowest BCUT2D eigenvalue weighted by Crippen LogP contribution is -2.46. The number of hydrogen-bond acceptors (Lipinski definition) is 4. The van der Waals surface area contributed by atoms with Gasteiger partial charge in [-0.1, -0.05) is 32.9 Å². The van der Waals surface area contributed by atoms with E-state index in [1.807, 2.05) is 29.2 Å². The number of piperidine rings is 1. The van der Waals surface area contributed by atoms with E-state index < -0.39 is 6.10 Å². The second kappa shape index (κ2) is 8.68. The topological polar surface area (TPSA) is 61.8 Å². The lowest BCUT2D eigenvalue weighted by molar-refractivity contribution is -0.134. The molecule has 5 heteroatoms. The summed E-state index contributed by atoms with van der Waals surface area (Å²) in [4.78, 5) is 14.3. The number of nitrogens with one attached hydrogen (secondary N) is 1. The molecule has 2 rings (SSSR count). The van der Waals surface area contributed by atoms with Gasteiger partial charge in [-0.05, 0) is 36.0 Å². The molecule has 1 amide bonds. The molecule has 2 N–H and O–H groups in total. The van der Waals surface area contributed by atoms with E-state index in [0.29, 0.717) is 19.0 Å². The minimum atomic E-state index is -0.536. The molecule has 25 heavy (non-hydrogen) atoms. The Morgan fingerprint density at radius 2 is 1.88 bits per heavy atom. The van der Waals surface area contributed by atoms with Crippen LogP contribution in [0, 0.1) is 5.41 Å². The van der Waals surface area contributed by atoms with Gasteiger partial charge in [0.1, 0.15) is 5.75 Å². The van der Waals surface area contributed by atoms with Crippen molar-refractivity contribution in [2.45, 2.75) is 52.2 Å². The number of ether oxygens (including phenoxy) is 1. The Balaban J connectivity index is 1.73. The summed E-state index contributed by atoms with van der Waals surface area (Å²) in [5.41, 5.74) is 0.917. The number of aliphatic hydroxyl groups is 1. The average molecular weight is 348 g/mol. The summed E-state index contributed by atoms with van der Waals surface area (Å²) in [6.45, 7) is 8.41. The van der Waals surface area contributed by atoms with Gasteiger partial charge >= 0.3 is 0 Å². The predicted octanol–water partition coefficient (Wildman–Crippen LogP) is 2.75. The second-order valence-electron chi connectivity index (χ2n) is 8.09. The first-order chi connectivity index (χ1) is 11.8. The van der Waals surface area contributed by atoms with Crippen LogP contribution in [0.15, 0.2) is 24.3 Å². The van der Waals surface area contributed by atoms with E-state index in [9.17, 15) is 9.90 Å². The molecule has 1 aromatic carbocycles. The van der Waals surface area contributed by atoms with Crippen molar-refractivity contribution in [3.63, 3.8) is 0 Å². The van der Waals surface area contributed by atoms with Crippen LogP contribution in [0.4, 0.5) is 0 Å². The molecule has 5 nitrogen and oxygen atoms in total. The number of hydrogen-bond donors (Lipinski definition) is 2. The smallest absolute Gasteiger partial charge is 0.223 e. The Kier molecular flexibility index (Phi) is 6.85. The molecular formula is C20H32N2O3. The first kappa shape index (κ1) is 19.7. The molecule has 1 aliphatic rings. The number of amides is 1. The fourth-order valence-corrected chi connectivity index (χ4v) is 3.12. The highest BCUT2D eigenvalue weighted by Crippen LogP contribution is 2.22. The molecule has 1 heterocycles. The number of benzene rings is 1. The van der Waals surface area contributed by atoms with Gasteiger partial charge in [0.25, 0.3) is 0 Å². The molecule has 1 aromatic rings. The van der Waals surface area contributed by atoms with E-state index >= 15 is 0 Å². The number of methoxy groups -OCH3 is 1. The van der Waals surface area contributed by atoms with Crippen molar-refractivity contribution in [1.82, 2.24) is 10.2 Å². The zero-order valence-electron chi connectivity index (χ0n) is 15.9. The summed E-state index contributed by atoms with van der Waals surface area (Å²) in [6.07, 6.45) is 1.93. The summed E-state index contributed by atoms with van der Waals surface area (Å²) in [5, 5.41) is 13.8. The van der Waals surface area contributed by atoms with Gasteiger partial charge in [-0.15, -0.1) is 0 Å². The highest BCUT2D eigenvalue weighted by molar-refractivity contribution is 5.76. The van der Waals surface area contributed by atoms with Crippen molar-refractivity contribution in [1.29, 1.82) is 0 Å². The summed E-state index contributed by atoms with van der Waals surface area (Å²) in [7, 11) is 1.63. The van der Waals surface area contributed by atoms with Gasteiger partial charge in [-0.25, -0.2) is 0 Å². The second-order valence-corrected chi connectivity index (χ2v) is 8.09. The van der Waals surface area contributed by atoms with E-state index in [4.69, 9.17) is 4.74 Å². The number of aliphatic hydroxyl groups excluding tert-OH is 1. The Hall–Kier alpha value is -1.59. The van der Waals surface area contributed by atoms with Gasteiger partial charge in [0.05, 0.1) is 13.2 Å². The van der Waals surface area contributed by atoms with Gasteiger partial charge in [0.2, 0.25) is 5.91 Å². The Labute approximate surface area is 151 Å². The van der Waals surface area contributed by atoms with Crippen LogP contribution in [0.1, 0.15) is 51.7 Å². The van der Waals surface area contributed by atoms with E-state index in [1.165, 1.54) is 0 Å².